The second-order valence-electron chi connectivity index (χ2n) is 4.81. The lowest BCUT2D eigenvalue weighted by atomic mass is 10.2. The van der Waals surface area contributed by atoms with E-state index in [0.29, 0.717) is 21.7 Å². The van der Waals surface area contributed by atoms with E-state index in [1.165, 1.54) is 6.33 Å². The fraction of sp³-hybridized carbons (Fsp3) is 0.118. The smallest absolute Gasteiger partial charge is 0.408 e. The van der Waals surface area contributed by atoms with Crippen LogP contribution in [0.1, 0.15) is 11.1 Å². The number of halogens is 1. The van der Waals surface area contributed by atoms with Crippen molar-refractivity contribution in [3.05, 3.63) is 59.1 Å². The Morgan fingerprint density at radius 2 is 2.12 bits per heavy atom. The van der Waals surface area contributed by atoms with Crippen LogP contribution in [-0.2, 0) is 11.3 Å². The summed E-state index contributed by atoms with van der Waals surface area (Å²) in [6, 6.07) is 9.45. The van der Waals surface area contributed by atoms with Crippen LogP contribution in [0.4, 0.5) is 4.79 Å². The van der Waals surface area contributed by atoms with Crippen LogP contribution in [0.5, 0.6) is 0 Å². The molecule has 6 nitrogen and oxygen atoms in total. The Bertz CT molecular complexity index is 912. The van der Waals surface area contributed by atoms with Crippen LogP contribution in [0.25, 0.3) is 11.0 Å². The van der Waals surface area contributed by atoms with Gasteiger partial charge in [0.15, 0.2) is 5.15 Å². The van der Waals surface area contributed by atoms with Crippen LogP contribution in [-0.4, -0.2) is 27.6 Å². The fourth-order valence-corrected chi connectivity index (χ4v) is 2.22. The van der Waals surface area contributed by atoms with Crippen molar-refractivity contribution >= 4 is 28.7 Å². The average molecular weight is 341 g/mol. The summed E-state index contributed by atoms with van der Waals surface area (Å²) in [6.45, 7) is 0.386. The molecule has 0 aliphatic carbocycles. The largest absolute Gasteiger partial charge is 0.445 e. The van der Waals surface area contributed by atoms with Crippen LogP contribution in [0, 0.1) is 11.8 Å². The molecule has 0 aliphatic heterocycles. The first kappa shape index (κ1) is 15.8. The van der Waals surface area contributed by atoms with E-state index in [1.54, 1.807) is 6.20 Å². The molecule has 2 N–H and O–H groups in total. The van der Waals surface area contributed by atoms with Crippen molar-refractivity contribution in [1.29, 1.82) is 0 Å². The second kappa shape index (κ2) is 7.49. The van der Waals surface area contributed by atoms with Gasteiger partial charge in [-0.1, -0.05) is 53.8 Å². The lowest BCUT2D eigenvalue weighted by Gasteiger charge is -2.04. The molecule has 120 valence electrons. The third kappa shape index (κ3) is 3.83. The quantitative estimate of drug-likeness (QED) is 0.567. The molecule has 7 heteroatoms. The first-order valence-corrected chi connectivity index (χ1v) is 7.53. The maximum atomic E-state index is 11.6. The molecule has 0 saturated carbocycles. The molecule has 0 bridgehead atoms. The first-order chi connectivity index (χ1) is 11.7. The van der Waals surface area contributed by atoms with Crippen molar-refractivity contribution in [3.63, 3.8) is 0 Å². The zero-order valence-electron chi connectivity index (χ0n) is 12.5. The number of hydrogen-bond acceptors (Lipinski definition) is 4. The van der Waals surface area contributed by atoms with Gasteiger partial charge in [-0.3, -0.25) is 0 Å². The summed E-state index contributed by atoms with van der Waals surface area (Å²) in [5, 5.41) is 2.91. The number of aromatic amines is 1. The zero-order valence-corrected chi connectivity index (χ0v) is 13.3. The second-order valence-corrected chi connectivity index (χ2v) is 5.17. The van der Waals surface area contributed by atoms with Gasteiger partial charge in [0.2, 0.25) is 0 Å². The summed E-state index contributed by atoms with van der Waals surface area (Å²) in [5.74, 6) is 5.77. The molecule has 0 atom stereocenters. The van der Waals surface area contributed by atoms with Crippen molar-refractivity contribution < 1.29 is 9.53 Å². The van der Waals surface area contributed by atoms with Crippen molar-refractivity contribution in [2.75, 3.05) is 6.54 Å². The van der Waals surface area contributed by atoms with Crippen molar-refractivity contribution in [2.45, 2.75) is 6.61 Å². The number of fused-ring (bicyclic) bond motifs is 1. The predicted octanol–water partition coefficient (Wildman–Crippen LogP) is 2.89. The molecule has 0 fully saturated rings. The van der Waals surface area contributed by atoms with E-state index >= 15 is 0 Å². The monoisotopic (exact) mass is 340 g/mol. The highest BCUT2D eigenvalue weighted by atomic mass is 35.5. The van der Waals surface area contributed by atoms with Crippen molar-refractivity contribution in [3.8, 4) is 11.8 Å². The normalized spacial score (nSPS) is 10.0. The van der Waals surface area contributed by atoms with E-state index in [1.807, 2.05) is 30.3 Å². The highest BCUT2D eigenvalue weighted by Gasteiger charge is 2.06. The Morgan fingerprint density at radius 1 is 1.29 bits per heavy atom. The van der Waals surface area contributed by atoms with E-state index in [4.69, 9.17) is 16.3 Å². The SMILES string of the molecule is O=C(NCC#Cc1c[nH]c2c(Cl)ncnc12)OCc1ccccc1. The summed E-state index contributed by atoms with van der Waals surface area (Å²) in [5.41, 5.74) is 2.90. The number of ether oxygens (including phenoxy) is 1. The predicted molar refractivity (Wildman–Crippen MR) is 90.4 cm³/mol. The Kier molecular flexibility index (Phi) is 4.94. The Hall–Kier alpha value is -3.04. The van der Waals surface area contributed by atoms with Gasteiger partial charge in [-0.15, -0.1) is 0 Å². The first-order valence-electron chi connectivity index (χ1n) is 7.15. The summed E-state index contributed by atoms with van der Waals surface area (Å²) in [6.07, 6.45) is 2.56. The summed E-state index contributed by atoms with van der Waals surface area (Å²) in [7, 11) is 0. The van der Waals surface area contributed by atoms with Gasteiger partial charge in [-0.05, 0) is 5.56 Å². The molecule has 1 amide bonds. The average Bonchev–Trinajstić information content (AvgIpc) is 3.02. The number of nitrogens with one attached hydrogen (secondary N) is 2. The molecule has 3 rings (SSSR count). The third-order valence-corrected chi connectivity index (χ3v) is 3.46. The number of alkyl carbamates (subject to hydrolysis) is 1. The van der Waals surface area contributed by atoms with E-state index in [2.05, 4.69) is 32.1 Å². The molecule has 0 unspecified atom stereocenters. The number of carbonyl (C=O) groups excluding carboxylic acids is 1. The molecular formula is C17H13ClN4O2. The van der Waals surface area contributed by atoms with E-state index in [0.717, 1.165) is 5.56 Å². The van der Waals surface area contributed by atoms with Gasteiger partial charge in [0.25, 0.3) is 0 Å². The van der Waals surface area contributed by atoms with E-state index in [9.17, 15) is 4.79 Å². The maximum absolute atomic E-state index is 11.6. The van der Waals surface area contributed by atoms with E-state index in [-0.39, 0.29) is 13.2 Å². The Labute approximate surface area is 143 Å². The van der Waals surface area contributed by atoms with Gasteiger partial charge >= 0.3 is 6.09 Å². The molecule has 1 aromatic carbocycles. The van der Waals surface area contributed by atoms with Gasteiger partial charge in [0.05, 0.1) is 12.1 Å². The topological polar surface area (TPSA) is 79.9 Å². The van der Waals surface area contributed by atoms with Gasteiger partial charge in [-0.2, -0.15) is 0 Å². The minimum atomic E-state index is -0.516. The van der Waals surface area contributed by atoms with Crippen LogP contribution < -0.4 is 5.32 Å². The molecule has 3 aromatic rings. The Balaban J connectivity index is 1.52. The van der Waals surface area contributed by atoms with Crippen LogP contribution in [0.15, 0.2) is 42.9 Å². The number of aromatic nitrogens is 3. The minimum absolute atomic E-state index is 0.166. The van der Waals surface area contributed by atoms with E-state index < -0.39 is 6.09 Å². The maximum Gasteiger partial charge on any atom is 0.408 e. The summed E-state index contributed by atoms with van der Waals surface area (Å²) in [4.78, 5) is 22.6. The highest BCUT2D eigenvalue weighted by molar-refractivity contribution is 6.33. The molecule has 2 aromatic heterocycles. The van der Waals surface area contributed by atoms with Crippen molar-refractivity contribution in [2.24, 2.45) is 0 Å². The molecule has 24 heavy (non-hydrogen) atoms. The molecule has 0 radical (unpaired) electrons. The Morgan fingerprint density at radius 3 is 2.96 bits per heavy atom. The fourth-order valence-electron chi connectivity index (χ4n) is 2.03. The highest BCUT2D eigenvalue weighted by Crippen LogP contribution is 2.20. The zero-order chi connectivity index (χ0) is 16.8. The number of nitrogens with zero attached hydrogens (tertiary/aromatic N) is 2. The molecule has 0 saturated heterocycles. The molecular weight excluding hydrogens is 328 g/mol. The summed E-state index contributed by atoms with van der Waals surface area (Å²) < 4.78 is 5.09. The van der Waals surface area contributed by atoms with Gasteiger partial charge in [0.1, 0.15) is 24.0 Å². The van der Waals surface area contributed by atoms with Gasteiger partial charge < -0.3 is 15.0 Å². The van der Waals surface area contributed by atoms with Crippen LogP contribution in [0.3, 0.4) is 0 Å². The standard InChI is InChI=1S/C17H13ClN4O2/c18-16-15-14(21-11-22-16)13(9-20-15)7-4-8-19-17(23)24-10-12-5-2-1-3-6-12/h1-3,5-6,9,11,20H,8,10H2,(H,19,23). The van der Waals surface area contributed by atoms with Gasteiger partial charge in [0, 0.05) is 6.20 Å². The molecule has 2 heterocycles. The van der Waals surface area contributed by atoms with Crippen molar-refractivity contribution in [1.82, 2.24) is 20.3 Å². The number of amides is 1. The summed E-state index contributed by atoms with van der Waals surface area (Å²) >= 11 is 5.95. The van der Waals surface area contributed by atoms with Gasteiger partial charge in [-0.25, -0.2) is 14.8 Å². The number of carbonyl (C=O) groups is 1. The number of H-pyrrole nitrogens is 1. The lowest BCUT2D eigenvalue weighted by molar-refractivity contribution is 0.141. The minimum Gasteiger partial charge on any atom is -0.445 e. The lowest BCUT2D eigenvalue weighted by Crippen LogP contribution is -2.24. The third-order valence-electron chi connectivity index (χ3n) is 3.17. The molecule has 0 spiro atoms. The molecule has 0 aliphatic rings. The number of hydrogen-bond donors (Lipinski definition) is 2. The number of benzene rings is 1. The van der Waals surface area contributed by atoms with Crippen LogP contribution >= 0.6 is 11.6 Å². The number of rotatable bonds is 3. The van der Waals surface area contributed by atoms with Crippen LogP contribution in [0.2, 0.25) is 5.15 Å².